The smallest absolute Gasteiger partial charge is 0.0725 e. The van der Waals surface area contributed by atoms with E-state index in [0.717, 1.165) is 17.0 Å². The van der Waals surface area contributed by atoms with Crippen LogP contribution >= 0.6 is 11.6 Å². The maximum absolute atomic E-state index is 5.84. The Bertz CT molecular complexity index is 314. The molecule has 1 aromatic carbocycles. The van der Waals surface area contributed by atoms with Crippen molar-refractivity contribution < 1.29 is 0 Å². The zero-order chi connectivity index (χ0) is 9.68. The number of rotatable bonds is 3. The van der Waals surface area contributed by atoms with Crippen LogP contribution in [0.5, 0.6) is 0 Å². The maximum atomic E-state index is 5.84. The summed E-state index contributed by atoms with van der Waals surface area (Å²) in [4.78, 5) is 0. The van der Waals surface area contributed by atoms with Crippen molar-refractivity contribution in [1.29, 1.82) is 0 Å². The van der Waals surface area contributed by atoms with Gasteiger partial charge in [-0.25, -0.2) is 0 Å². The van der Waals surface area contributed by atoms with Crippen LogP contribution in [0.4, 0.5) is 0 Å². The van der Waals surface area contributed by atoms with Crippen LogP contribution in [-0.2, 0) is 6.42 Å². The molecule has 0 radical (unpaired) electrons. The van der Waals surface area contributed by atoms with Crippen molar-refractivity contribution in [3.05, 3.63) is 34.9 Å². The molecule has 0 saturated carbocycles. The second-order valence-electron chi connectivity index (χ2n) is 2.84. The lowest BCUT2D eigenvalue weighted by molar-refractivity contribution is 0.683. The topological polar surface area (TPSA) is 12.0 Å². The molecule has 0 spiro atoms. The Morgan fingerprint density at radius 1 is 1.62 bits per heavy atom. The van der Waals surface area contributed by atoms with E-state index in [1.165, 1.54) is 0 Å². The van der Waals surface area contributed by atoms with Crippen LogP contribution in [0.3, 0.4) is 0 Å². The molecule has 1 N–H and O–H groups in total. The van der Waals surface area contributed by atoms with E-state index in [4.69, 9.17) is 18.0 Å². The van der Waals surface area contributed by atoms with Gasteiger partial charge in [-0.1, -0.05) is 29.7 Å². The van der Waals surface area contributed by atoms with Gasteiger partial charge in [0.2, 0.25) is 0 Å². The van der Waals surface area contributed by atoms with Crippen molar-refractivity contribution in [3.63, 3.8) is 0 Å². The summed E-state index contributed by atoms with van der Waals surface area (Å²) in [5.74, 6) is 2.67. The first-order valence-corrected chi connectivity index (χ1v) is 4.52. The first-order valence-electron chi connectivity index (χ1n) is 4.14. The van der Waals surface area contributed by atoms with Gasteiger partial charge in [-0.3, -0.25) is 0 Å². The molecule has 13 heavy (non-hydrogen) atoms. The van der Waals surface area contributed by atoms with Crippen LogP contribution in [-0.4, -0.2) is 13.1 Å². The molecule has 0 amide bonds. The molecule has 2 heteroatoms. The minimum Gasteiger partial charge on any atom is -0.306 e. The fraction of sp³-hybridized carbons (Fsp3) is 0.273. The van der Waals surface area contributed by atoms with E-state index in [1.807, 2.05) is 31.3 Å². The summed E-state index contributed by atoms with van der Waals surface area (Å²) >= 11 is 5.84. The third-order valence-corrected chi connectivity index (χ3v) is 2.11. The van der Waals surface area contributed by atoms with Crippen LogP contribution in [0.2, 0.25) is 5.02 Å². The summed E-state index contributed by atoms with van der Waals surface area (Å²) in [6.45, 7) is 0. The highest BCUT2D eigenvalue weighted by Gasteiger charge is 2.02. The molecule has 0 aliphatic rings. The van der Waals surface area contributed by atoms with E-state index in [0.29, 0.717) is 0 Å². The van der Waals surface area contributed by atoms with E-state index in [2.05, 4.69) is 11.2 Å². The zero-order valence-electron chi connectivity index (χ0n) is 7.55. The molecule has 1 atom stereocenters. The molecule has 1 nitrogen and oxygen atoms in total. The largest absolute Gasteiger partial charge is 0.306 e. The van der Waals surface area contributed by atoms with Gasteiger partial charge < -0.3 is 5.32 Å². The van der Waals surface area contributed by atoms with Gasteiger partial charge in [-0.2, -0.15) is 0 Å². The molecule has 1 aromatic rings. The molecule has 0 heterocycles. The molecule has 0 fully saturated rings. The number of hydrogen-bond donors (Lipinski definition) is 1. The standard InChI is InChI=1S/C11H12ClN/c1-3-11(13-2)8-9-5-4-6-10(12)7-9/h1,4-7,11,13H,8H2,2H3. The van der Waals surface area contributed by atoms with E-state index in [-0.39, 0.29) is 6.04 Å². The van der Waals surface area contributed by atoms with Crippen molar-refractivity contribution in [3.8, 4) is 12.3 Å². The average molecular weight is 194 g/mol. The van der Waals surface area contributed by atoms with Gasteiger partial charge >= 0.3 is 0 Å². The second-order valence-corrected chi connectivity index (χ2v) is 3.28. The van der Waals surface area contributed by atoms with Gasteiger partial charge in [0.15, 0.2) is 0 Å². The Kier molecular flexibility index (Phi) is 3.82. The van der Waals surface area contributed by atoms with Crippen molar-refractivity contribution >= 4 is 11.6 Å². The molecule has 0 bridgehead atoms. The lowest BCUT2D eigenvalue weighted by Gasteiger charge is -2.08. The Morgan fingerprint density at radius 2 is 2.38 bits per heavy atom. The van der Waals surface area contributed by atoms with Crippen molar-refractivity contribution in [2.75, 3.05) is 7.05 Å². The van der Waals surface area contributed by atoms with Gasteiger partial charge in [-0.15, -0.1) is 6.42 Å². The molecule has 0 aliphatic heterocycles. The summed E-state index contributed by atoms with van der Waals surface area (Å²) in [5.41, 5.74) is 1.16. The van der Waals surface area contributed by atoms with Crippen molar-refractivity contribution in [2.45, 2.75) is 12.5 Å². The van der Waals surface area contributed by atoms with Gasteiger partial charge in [-0.05, 0) is 31.2 Å². The quantitative estimate of drug-likeness (QED) is 0.726. The van der Waals surface area contributed by atoms with E-state index in [1.54, 1.807) is 0 Å². The summed E-state index contributed by atoms with van der Waals surface area (Å²) in [6.07, 6.45) is 6.14. The molecular weight excluding hydrogens is 182 g/mol. The third kappa shape index (κ3) is 3.10. The van der Waals surface area contributed by atoms with E-state index in [9.17, 15) is 0 Å². The number of likely N-dealkylation sites (N-methyl/N-ethyl adjacent to an activating group) is 1. The van der Waals surface area contributed by atoms with E-state index < -0.39 is 0 Å². The number of nitrogens with one attached hydrogen (secondary N) is 1. The first kappa shape index (κ1) is 10.1. The van der Waals surface area contributed by atoms with Gasteiger partial charge in [0, 0.05) is 5.02 Å². The Balaban J connectivity index is 2.69. The molecule has 0 saturated heterocycles. The number of terminal acetylenes is 1. The molecular formula is C11H12ClN. The zero-order valence-corrected chi connectivity index (χ0v) is 8.31. The van der Waals surface area contributed by atoms with Gasteiger partial charge in [0.1, 0.15) is 0 Å². The lowest BCUT2D eigenvalue weighted by atomic mass is 10.1. The molecule has 0 aromatic heterocycles. The summed E-state index contributed by atoms with van der Waals surface area (Å²) < 4.78 is 0. The number of hydrogen-bond acceptors (Lipinski definition) is 1. The molecule has 68 valence electrons. The molecule has 1 unspecified atom stereocenters. The highest BCUT2D eigenvalue weighted by Crippen LogP contribution is 2.11. The van der Waals surface area contributed by atoms with Crippen LogP contribution in [0.15, 0.2) is 24.3 Å². The van der Waals surface area contributed by atoms with Crippen LogP contribution < -0.4 is 5.32 Å². The summed E-state index contributed by atoms with van der Waals surface area (Å²) in [6, 6.07) is 7.82. The van der Waals surface area contributed by atoms with Gasteiger partial charge in [0.05, 0.1) is 6.04 Å². The Morgan fingerprint density at radius 3 is 2.92 bits per heavy atom. The van der Waals surface area contributed by atoms with Crippen molar-refractivity contribution in [2.24, 2.45) is 0 Å². The van der Waals surface area contributed by atoms with Crippen LogP contribution in [0.1, 0.15) is 5.56 Å². The fourth-order valence-electron chi connectivity index (χ4n) is 1.14. The monoisotopic (exact) mass is 193 g/mol. The molecule has 0 aliphatic carbocycles. The minimum atomic E-state index is 0.0819. The third-order valence-electron chi connectivity index (χ3n) is 1.88. The highest BCUT2D eigenvalue weighted by molar-refractivity contribution is 6.30. The minimum absolute atomic E-state index is 0.0819. The first-order chi connectivity index (χ1) is 6.26. The van der Waals surface area contributed by atoms with Crippen LogP contribution in [0.25, 0.3) is 0 Å². The number of halogens is 1. The number of benzene rings is 1. The Hall–Kier alpha value is -0.970. The predicted molar refractivity (Wildman–Crippen MR) is 56.8 cm³/mol. The average Bonchev–Trinajstić information content (AvgIpc) is 2.14. The van der Waals surface area contributed by atoms with Crippen molar-refractivity contribution in [1.82, 2.24) is 5.32 Å². The summed E-state index contributed by atoms with van der Waals surface area (Å²) in [5, 5.41) is 3.79. The normalized spacial score (nSPS) is 12.1. The fourth-order valence-corrected chi connectivity index (χ4v) is 1.36. The second kappa shape index (κ2) is 4.91. The van der Waals surface area contributed by atoms with E-state index >= 15 is 0 Å². The Labute approximate surface area is 84.1 Å². The predicted octanol–water partition coefficient (Wildman–Crippen LogP) is 2.10. The summed E-state index contributed by atoms with van der Waals surface area (Å²) in [7, 11) is 1.86. The maximum Gasteiger partial charge on any atom is 0.0725 e. The lowest BCUT2D eigenvalue weighted by Crippen LogP contribution is -2.25. The molecule has 1 rings (SSSR count). The highest BCUT2D eigenvalue weighted by atomic mass is 35.5. The SMILES string of the molecule is C#CC(Cc1cccc(Cl)c1)NC. The van der Waals surface area contributed by atoms with Gasteiger partial charge in [0.25, 0.3) is 0 Å². The van der Waals surface area contributed by atoms with Crippen LogP contribution in [0, 0.1) is 12.3 Å².